The van der Waals surface area contributed by atoms with E-state index in [2.05, 4.69) is 14.9 Å². The summed E-state index contributed by atoms with van der Waals surface area (Å²) in [6.45, 7) is 2.40. The van der Waals surface area contributed by atoms with E-state index >= 15 is 0 Å². The Morgan fingerprint density at radius 3 is 2.41 bits per heavy atom. The molecule has 0 saturated carbocycles. The fourth-order valence-corrected chi connectivity index (χ4v) is 5.05. The molecule has 0 unspecified atom stereocenters. The number of hydrogen-bond acceptors (Lipinski definition) is 7. The quantitative estimate of drug-likeness (QED) is 0.549. The smallest absolute Gasteiger partial charge is 0.451 e. The fraction of sp³-hybridized carbons (Fsp3) is 0.400. The van der Waals surface area contributed by atoms with Crippen molar-refractivity contribution >= 4 is 34.2 Å². The number of nitrogens with zero attached hydrogens (tertiary/aromatic N) is 5. The minimum atomic E-state index is -4.71. The number of ether oxygens (including phenoxy) is 1. The van der Waals surface area contributed by atoms with Crippen molar-refractivity contribution < 1.29 is 27.8 Å². The van der Waals surface area contributed by atoms with Crippen molar-refractivity contribution in [1.29, 1.82) is 0 Å². The number of anilines is 1. The highest BCUT2D eigenvalue weighted by Crippen LogP contribution is 2.35. The molecule has 1 amide bonds. The highest BCUT2D eigenvalue weighted by Gasteiger charge is 2.40. The van der Waals surface area contributed by atoms with Crippen LogP contribution in [0.1, 0.15) is 16.2 Å². The van der Waals surface area contributed by atoms with Gasteiger partial charge in [-0.05, 0) is 42.5 Å². The van der Waals surface area contributed by atoms with Gasteiger partial charge in [-0.2, -0.15) is 13.2 Å². The van der Waals surface area contributed by atoms with Crippen LogP contribution in [0.2, 0.25) is 5.02 Å². The molecular formula is C25H25ClF3N5O3. The van der Waals surface area contributed by atoms with Gasteiger partial charge in [-0.25, -0.2) is 9.97 Å². The number of aromatic nitrogens is 2. The van der Waals surface area contributed by atoms with Crippen molar-refractivity contribution in [2.75, 3.05) is 51.3 Å². The molecule has 12 heteroatoms. The van der Waals surface area contributed by atoms with Gasteiger partial charge >= 0.3 is 6.18 Å². The number of rotatable bonds is 4. The van der Waals surface area contributed by atoms with E-state index < -0.39 is 18.1 Å². The molecular weight excluding hydrogens is 511 g/mol. The lowest BCUT2D eigenvalue weighted by molar-refractivity contribution is -0.144. The number of alkyl halides is 3. The Morgan fingerprint density at radius 1 is 1.05 bits per heavy atom. The van der Waals surface area contributed by atoms with Crippen LogP contribution in [0.15, 0.2) is 42.5 Å². The van der Waals surface area contributed by atoms with Gasteiger partial charge in [0.05, 0.1) is 24.8 Å². The number of piperazine rings is 1. The topological polar surface area (TPSA) is 82.0 Å². The van der Waals surface area contributed by atoms with Gasteiger partial charge in [-0.15, -0.1) is 0 Å². The molecule has 1 N–H and O–H groups in total. The molecule has 0 bridgehead atoms. The Kier molecular flexibility index (Phi) is 6.86. The van der Waals surface area contributed by atoms with E-state index in [-0.39, 0.29) is 36.4 Å². The highest BCUT2D eigenvalue weighted by molar-refractivity contribution is 6.30. The molecule has 3 heterocycles. The van der Waals surface area contributed by atoms with Crippen LogP contribution >= 0.6 is 11.6 Å². The van der Waals surface area contributed by atoms with Crippen LogP contribution < -0.4 is 9.64 Å². The van der Waals surface area contributed by atoms with Crippen LogP contribution in [0.5, 0.6) is 5.75 Å². The predicted molar refractivity (Wildman–Crippen MR) is 132 cm³/mol. The van der Waals surface area contributed by atoms with Crippen LogP contribution in [0.25, 0.3) is 10.9 Å². The normalized spacial score (nSPS) is 21.0. The van der Waals surface area contributed by atoms with Gasteiger partial charge in [0.25, 0.3) is 5.91 Å². The van der Waals surface area contributed by atoms with Crippen LogP contribution in [0, 0.1) is 0 Å². The number of carbonyl (C=O) groups is 1. The summed E-state index contributed by atoms with van der Waals surface area (Å²) in [5.41, 5.74) is 0.696. The number of amides is 1. The molecule has 2 aliphatic heterocycles. The van der Waals surface area contributed by atoms with Crippen molar-refractivity contribution in [1.82, 2.24) is 19.8 Å². The molecule has 196 valence electrons. The van der Waals surface area contributed by atoms with Crippen LogP contribution in [-0.2, 0) is 6.18 Å². The van der Waals surface area contributed by atoms with Crippen LogP contribution in [0.4, 0.5) is 19.0 Å². The van der Waals surface area contributed by atoms with E-state index in [0.717, 1.165) is 0 Å². The summed E-state index contributed by atoms with van der Waals surface area (Å²) in [5.74, 6) is -0.748. The molecule has 2 aliphatic rings. The molecule has 1 aromatic heterocycles. The average Bonchev–Trinajstić information content (AvgIpc) is 3.28. The van der Waals surface area contributed by atoms with Crippen molar-refractivity contribution in [2.24, 2.45) is 0 Å². The predicted octanol–water partition coefficient (Wildman–Crippen LogP) is 3.32. The third-order valence-corrected chi connectivity index (χ3v) is 7.11. The lowest BCUT2D eigenvalue weighted by Gasteiger charge is -2.38. The Morgan fingerprint density at radius 2 is 1.76 bits per heavy atom. The minimum Gasteiger partial charge on any atom is -0.497 e. The molecule has 3 aromatic rings. The molecule has 0 radical (unpaired) electrons. The second kappa shape index (κ2) is 9.96. The number of benzene rings is 2. The zero-order chi connectivity index (χ0) is 26.3. The Hall–Kier alpha value is -3.15. The maximum atomic E-state index is 13.6. The number of halogens is 4. The van der Waals surface area contributed by atoms with Gasteiger partial charge in [-0.3, -0.25) is 9.69 Å². The minimum absolute atomic E-state index is 0.0917. The number of aliphatic hydroxyl groups excluding tert-OH is 1. The van der Waals surface area contributed by atoms with E-state index in [0.29, 0.717) is 47.9 Å². The SMILES string of the molecule is COc1ccc2nc(C(F)(F)F)nc(N3C[C@@H](O)[C@@H](N4CCN(C(=O)c5ccc(Cl)cc5)CC4)C3)c2c1. The molecule has 37 heavy (non-hydrogen) atoms. The summed E-state index contributed by atoms with van der Waals surface area (Å²) in [7, 11) is 1.47. The Bertz CT molecular complexity index is 1300. The average molecular weight is 536 g/mol. The van der Waals surface area contributed by atoms with Gasteiger partial charge in [0.1, 0.15) is 11.6 Å². The molecule has 2 atom stereocenters. The maximum Gasteiger partial charge on any atom is 0.451 e. The van der Waals surface area contributed by atoms with Crippen molar-refractivity contribution in [3.63, 3.8) is 0 Å². The van der Waals surface area contributed by atoms with Crippen molar-refractivity contribution in [3.05, 3.63) is 58.9 Å². The third-order valence-electron chi connectivity index (χ3n) is 6.86. The summed E-state index contributed by atoms with van der Waals surface area (Å²) in [6.07, 6.45) is -5.52. The molecule has 5 rings (SSSR count). The molecule has 8 nitrogen and oxygen atoms in total. The lowest BCUT2D eigenvalue weighted by atomic mass is 10.1. The van der Waals surface area contributed by atoms with Gasteiger partial charge in [0, 0.05) is 55.2 Å². The van der Waals surface area contributed by atoms with Crippen molar-refractivity contribution in [2.45, 2.75) is 18.3 Å². The summed E-state index contributed by atoms with van der Waals surface area (Å²) < 4.78 is 45.9. The number of fused-ring (bicyclic) bond motifs is 1. The summed E-state index contributed by atoms with van der Waals surface area (Å²) in [6, 6.07) is 11.0. The molecule has 0 aliphatic carbocycles. The fourth-order valence-electron chi connectivity index (χ4n) is 4.92. The zero-order valence-electron chi connectivity index (χ0n) is 20.0. The molecule has 2 saturated heterocycles. The first-order valence-corrected chi connectivity index (χ1v) is 12.2. The van der Waals surface area contributed by atoms with E-state index in [9.17, 15) is 23.1 Å². The first-order chi connectivity index (χ1) is 17.6. The number of carbonyl (C=O) groups excluding carboxylic acids is 1. The van der Waals surface area contributed by atoms with E-state index in [1.54, 1.807) is 46.2 Å². The maximum absolute atomic E-state index is 13.6. The number of β-amino-alcohol motifs (C(OH)–C–C–N with tert-alkyl or cyclic N) is 1. The van der Waals surface area contributed by atoms with E-state index in [4.69, 9.17) is 16.3 Å². The summed E-state index contributed by atoms with van der Waals surface area (Å²) in [4.78, 5) is 25.9. The number of aliphatic hydroxyl groups is 1. The summed E-state index contributed by atoms with van der Waals surface area (Å²) >= 11 is 5.91. The van der Waals surface area contributed by atoms with Crippen LogP contribution in [0.3, 0.4) is 0 Å². The Balaban J connectivity index is 1.33. The second-order valence-electron chi connectivity index (χ2n) is 9.13. The number of hydrogen-bond donors (Lipinski definition) is 1. The van der Waals surface area contributed by atoms with E-state index in [1.807, 2.05) is 0 Å². The lowest BCUT2D eigenvalue weighted by Crippen LogP contribution is -2.54. The van der Waals surface area contributed by atoms with Gasteiger partial charge in [-0.1, -0.05) is 11.6 Å². The third kappa shape index (κ3) is 5.16. The van der Waals surface area contributed by atoms with Crippen molar-refractivity contribution in [3.8, 4) is 5.75 Å². The monoisotopic (exact) mass is 535 g/mol. The first kappa shape index (κ1) is 25.5. The number of methoxy groups -OCH3 is 1. The largest absolute Gasteiger partial charge is 0.497 e. The standard InChI is InChI=1S/C25H25ClF3N5O3/c1-37-17-6-7-19-18(12-17)22(31-24(30-19)25(27,28)29)34-13-20(21(35)14-34)32-8-10-33(11-9-32)23(36)15-2-4-16(26)5-3-15/h2-7,12,20-21,35H,8-11,13-14H2,1H3/t20-,21+/m0/s1. The summed E-state index contributed by atoms with van der Waals surface area (Å²) in [5, 5.41) is 11.9. The molecule has 2 aromatic carbocycles. The van der Waals surface area contributed by atoms with E-state index in [1.165, 1.54) is 13.2 Å². The molecule has 2 fully saturated rings. The Labute approximate surface area is 216 Å². The van der Waals surface area contributed by atoms with Gasteiger partial charge in [0.2, 0.25) is 5.82 Å². The molecule has 0 spiro atoms. The van der Waals surface area contributed by atoms with Gasteiger partial charge < -0.3 is 19.6 Å². The van der Waals surface area contributed by atoms with Crippen LogP contribution in [-0.4, -0.2) is 89.3 Å². The first-order valence-electron chi connectivity index (χ1n) is 11.8. The zero-order valence-corrected chi connectivity index (χ0v) is 20.7. The second-order valence-corrected chi connectivity index (χ2v) is 9.56. The van der Waals surface area contributed by atoms with Gasteiger partial charge in [0.15, 0.2) is 0 Å². The highest BCUT2D eigenvalue weighted by atomic mass is 35.5.